The molecule has 19 heavy (non-hydrogen) atoms. The van der Waals surface area contributed by atoms with Gasteiger partial charge in [-0.05, 0) is 12.3 Å². The maximum absolute atomic E-state index is 11.6. The van der Waals surface area contributed by atoms with Crippen molar-refractivity contribution in [3.63, 3.8) is 0 Å². The zero-order valence-corrected chi connectivity index (χ0v) is 11.8. The van der Waals surface area contributed by atoms with E-state index in [1.165, 1.54) is 11.3 Å². The molecule has 0 bridgehead atoms. The van der Waals surface area contributed by atoms with Crippen molar-refractivity contribution in [1.29, 1.82) is 0 Å². The fourth-order valence-electron chi connectivity index (χ4n) is 1.43. The summed E-state index contributed by atoms with van der Waals surface area (Å²) < 4.78 is 0. The van der Waals surface area contributed by atoms with Crippen LogP contribution in [-0.2, 0) is 11.2 Å². The minimum Gasteiger partial charge on any atom is -0.481 e. The van der Waals surface area contributed by atoms with Gasteiger partial charge in [-0.15, -0.1) is 10.2 Å². The van der Waals surface area contributed by atoms with Crippen LogP contribution in [0.4, 0.5) is 9.93 Å². The topological polar surface area (TPSA) is 104 Å². The summed E-state index contributed by atoms with van der Waals surface area (Å²) in [6, 6.07) is -0.386. The van der Waals surface area contributed by atoms with E-state index in [1.807, 2.05) is 13.8 Å². The molecule has 0 spiro atoms. The monoisotopic (exact) mass is 286 g/mol. The molecule has 1 rings (SSSR count). The number of aliphatic carboxylic acids is 1. The molecule has 0 aromatic carbocycles. The fourth-order valence-corrected chi connectivity index (χ4v) is 2.11. The van der Waals surface area contributed by atoms with Crippen LogP contribution < -0.4 is 10.6 Å². The van der Waals surface area contributed by atoms with Crippen molar-refractivity contribution in [2.24, 2.45) is 5.92 Å². The van der Waals surface area contributed by atoms with Crippen LogP contribution in [0, 0.1) is 5.92 Å². The van der Waals surface area contributed by atoms with Crippen LogP contribution in [-0.4, -0.2) is 33.8 Å². The van der Waals surface area contributed by atoms with Gasteiger partial charge in [0.15, 0.2) is 0 Å². The third-order valence-corrected chi connectivity index (χ3v) is 3.56. The highest BCUT2D eigenvalue weighted by Gasteiger charge is 2.13. The summed E-state index contributed by atoms with van der Waals surface area (Å²) in [4.78, 5) is 22.2. The number of nitrogens with one attached hydrogen (secondary N) is 2. The summed E-state index contributed by atoms with van der Waals surface area (Å²) in [6.45, 7) is 4.18. The maximum Gasteiger partial charge on any atom is 0.321 e. The molecular formula is C11H18N4O3S. The summed E-state index contributed by atoms with van der Waals surface area (Å²) in [5, 5.41) is 22.9. The third-order valence-electron chi connectivity index (χ3n) is 2.58. The molecule has 1 heterocycles. The van der Waals surface area contributed by atoms with Crippen molar-refractivity contribution in [2.75, 3.05) is 11.9 Å². The van der Waals surface area contributed by atoms with E-state index in [4.69, 9.17) is 5.11 Å². The van der Waals surface area contributed by atoms with Gasteiger partial charge in [-0.3, -0.25) is 10.1 Å². The number of amides is 2. The van der Waals surface area contributed by atoms with E-state index in [0.29, 0.717) is 18.1 Å². The number of hydrogen-bond donors (Lipinski definition) is 3. The summed E-state index contributed by atoms with van der Waals surface area (Å²) >= 11 is 1.32. The van der Waals surface area contributed by atoms with Crippen LogP contribution in [0.5, 0.6) is 0 Å². The van der Waals surface area contributed by atoms with Gasteiger partial charge in [-0.1, -0.05) is 31.6 Å². The van der Waals surface area contributed by atoms with Crippen molar-refractivity contribution in [3.8, 4) is 0 Å². The van der Waals surface area contributed by atoms with Crippen LogP contribution in [0.3, 0.4) is 0 Å². The number of carboxylic acids is 1. The van der Waals surface area contributed by atoms with Crippen molar-refractivity contribution in [2.45, 2.75) is 33.1 Å². The quantitative estimate of drug-likeness (QED) is 0.708. The van der Waals surface area contributed by atoms with Gasteiger partial charge >= 0.3 is 12.0 Å². The van der Waals surface area contributed by atoms with Crippen LogP contribution in [0.25, 0.3) is 0 Å². The van der Waals surface area contributed by atoms with E-state index in [-0.39, 0.29) is 18.4 Å². The lowest BCUT2D eigenvalue weighted by Gasteiger charge is -2.13. The Balaban J connectivity index is 2.36. The van der Waals surface area contributed by atoms with Crippen molar-refractivity contribution < 1.29 is 14.7 Å². The van der Waals surface area contributed by atoms with Crippen molar-refractivity contribution in [1.82, 2.24) is 15.5 Å². The molecule has 1 aromatic heterocycles. The smallest absolute Gasteiger partial charge is 0.321 e. The number of carbonyl (C=O) groups is 2. The maximum atomic E-state index is 11.6. The van der Waals surface area contributed by atoms with Gasteiger partial charge in [0.2, 0.25) is 5.13 Å². The van der Waals surface area contributed by atoms with E-state index in [0.717, 1.165) is 11.4 Å². The number of carboxylic acid groups (broad SMARTS) is 1. The van der Waals surface area contributed by atoms with Crippen LogP contribution >= 0.6 is 11.3 Å². The molecule has 0 radical (unpaired) electrons. The Hall–Kier alpha value is -1.70. The lowest BCUT2D eigenvalue weighted by molar-refractivity contribution is -0.138. The number of aryl methyl sites for hydroxylation is 1. The Labute approximate surface area is 115 Å². The lowest BCUT2D eigenvalue weighted by Crippen LogP contribution is -2.33. The van der Waals surface area contributed by atoms with E-state index in [9.17, 15) is 9.59 Å². The first kappa shape index (κ1) is 15.4. The summed E-state index contributed by atoms with van der Waals surface area (Å²) in [5.74, 6) is -0.922. The standard InChI is InChI=1S/C11H18N4O3S/c1-3-7(5-9(16)17)6-12-10(18)13-11-15-14-8(4-2)19-11/h7H,3-6H2,1-2H3,(H,16,17)(H2,12,13,15,18). The first-order valence-corrected chi connectivity index (χ1v) is 6.95. The number of anilines is 1. The Morgan fingerprint density at radius 3 is 2.63 bits per heavy atom. The Morgan fingerprint density at radius 2 is 2.11 bits per heavy atom. The Morgan fingerprint density at radius 1 is 1.37 bits per heavy atom. The van der Waals surface area contributed by atoms with Crippen molar-refractivity contribution >= 4 is 28.5 Å². The first-order valence-electron chi connectivity index (χ1n) is 6.14. The number of carbonyl (C=O) groups excluding carboxylic acids is 1. The van der Waals surface area contributed by atoms with Crippen LogP contribution in [0.2, 0.25) is 0 Å². The SMILES string of the molecule is CCc1nnc(NC(=O)NCC(CC)CC(=O)O)s1. The molecule has 7 nitrogen and oxygen atoms in total. The second-order valence-corrected chi connectivity index (χ2v) is 5.12. The van der Waals surface area contributed by atoms with Gasteiger partial charge < -0.3 is 10.4 Å². The number of hydrogen-bond acceptors (Lipinski definition) is 5. The third kappa shape index (κ3) is 5.64. The average Bonchev–Trinajstić information content (AvgIpc) is 2.81. The molecule has 0 aliphatic heterocycles. The highest BCUT2D eigenvalue weighted by molar-refractivity contribution is 7.15. The molecular weight excluding hydrogens is 268 g/mol. The molecule has 0 fully saturated rings. The van der Waals surface area contributed by atoms with Gasteiger partial charge in [-0.2, -0.15) is 0 Å². The first-order chi connectivity index (χ1) is 9.05. The molecule has 0 aliphatic carbocycles. The number of urea groups is 1. The highest BCUT2D eigenvalue weighted by Crippen LogP contribution is 2.15. The van der Waals surface area contributed by atoms with Gasteiger partial charge in [0.1, 0.15) is 5.01 Å². The minimum absolute atomic E-state index is 0.0512. The summed E-state index contributed by atoms with van der Waals surface area (Å²) in [7, 11) is 0. The molecule has 1 unspecified atom stereocenters. The predicted molar refractivity (Wildman–Crippen MR) is 72.3 cm³/mol. The predicted octanol–water partition coefficient (Wildman–Crippen LogP) is 1.72. The molecule has 0 saturated heterocycles. The van der Waals surface area contributed by atoms with E-state index in [2.05, 4.69) is 20.8 Å². The molecule has 1 aromatic rings. The summed E-state index contributed by atoms with van der Waals surface area (Å²) in [6.07, 6.45) is 1.53. The van der Waals surface area contributed by atoms with Gasteiger partial charge in [0.05, 0.1) is 0 Å². The molecule has 1 atom stereocenters. The van der Waals surface area contributed by atoms with Crippen molar-refractivity contribution in [3.05, 3.63) is 5.01 Å². The Kier molecular flexibility index (Phi) is 6.20. The Bertz CT molecular complexity index is 435. The number of nitrogens with zero attached hydrogens (tertiary/aromatic N) is 2. The summed E-state index contributed by atoms with van der Waals surface area (Å²) in [5.41, 5.74) is 0. The molecule has 0 aliphatic rings. The second kappa shape index (κ2) is 7.67. The lowest BCUT2D eigenvalue weighted by atomic mass is 10.0. The number of rotatable bonds is 7. The zero-order valence-electron chi connectivity index (χ0n) is 11.0. The normalized spacial score (nSPS) is 11.9. The van der Waals surface area contributed by atoms with Gasteiger partial charge in [0.25, 0.3) is 0 Å². The molecule has 0 saturated carbocycles. The van der Waals surface area contributed by atoms with E-state index >= 15 is 0 Å². The largest absolute Gasteiger partial charge is 0.481 e. The molecule has 3 N–H and O–H groups in total. The van der Waals surface area contributed by atoms with Gasteiger partial charge in [0, 0.05) is 13.0 Å². The molecule has 2 amide bonds. The minimum atomic E-state index is -0.856. The molecule has 8 heteroatoms. The van der Waals surface area contributed by atoms with Crippen LogP contribution in [0.1, 0.15) is 31.7 Å². The second-order valence-electron chi connectivity index (χ2n) is 4.06. The molecule has 106 valence electrons. The average molecular weight is 286 g/mol. The van der Waals surface area contributed by atoms with Gasteiger partial charge in [-0.25, -0.2) is 4.79 Å². The zero-order chi connectivity index (χ0) is 14.3. The number of aromatic nitrogens is 2. The highest BCUT2D eigenvalue weighted by atomic mass is 32.1. The van der Waals surface area contributed by atoms with E-state index in [1.54, 1.807) is 0 Å². The fraction of sp³-hybridized carbons (Fsp3) is 0.636. The van der Waals surface area contributed by atoms with E-state index < -0.39 is 5.97 Å². The van der Waals surface area contributed by atoms with Crippen LogP contribution in [0.15, 0.2) is 0 Å².